The predicted molar refractivity (Wildman–Crippen MR) is 128 cm³/mol. The molecule has 1 aliphatic heterocycles. The van der Waals surface area contributed by atoms with Gasteiger partial charge in [-0.2, -0.15) is 0 Å². The second-order valence-electron chi connectivity index (χ2n) is 8.93. The maximum atomic E-state index is 13.5. The number of benzene rings is 1. The topological polar surface area (TPSA) is 76.1 Å². The Kier molecular flexibility index (Phi) is 6.51. The summed E-state index contributed by atoms with van der Waals surface area (Å²) in [6.45, 7) is 8.25. The van der Waals surface area contributed by atoms with E-state index in [0.717, 1.165) is 53.8 Å². The molecule has 1 fully saturated rings. The number of hydrogen-bond acceptors (Lipinski definition) is 4. The molecule has 3 heterocycles. The number of para-hydroxylation sites is 1. The molecule has 1 unspecified atom stereocenters. The van der Waals surface area contributed by atoms with E-state index in [1.54, 1.807) is 13.2 Å². The highest BCUT2D eigenvalue weighted by Gasteiger charge is 2.27. The highest BCUT2D eigenvalue weighted by molar-refractivity contribution is 6.09. The number of ketones is 1. The molecule has 1 atom stereocenters. The molecular formula is C26H33N3O3. The number of nitrogens with one attached hydrogen (secondary N) is 2. The highest BCUT2D eigenvalue weighted by atomic mass is 16.5. The van der Waals surface area contributed by atoms with Crippen LogP contribution in [0.15, 0.2) is 35.1 Å². The summed E-state index contributed by atoms with van der Waals surface area (Å²) in [4.78, 5) is 28.7. The van der Waals surface area contributed by atoms with Crippen LogP contribution in [0, 0.1) is 19.8 Å². The second-order valence-corrected chi connectivity index (χ2v) is 8.93. The molecule has 1 saturated heterocycles. The average molecular weight is 436 g/mol. The van der Waals surface area contributed by atoms with Crippen molar-refractivity contribution in [1.82, 2.24) is 14.9 Å². The van der Waals surface area contributed by atoms with Gasteiger partial charge in [-0.1, -0.05) is 18.2 Å². The number of pyridine rings is 1. The first-order chi connectivity index (χ1) is 15.4. The van der Waals surface area contributed by atoms with Crippen LogP contribution in [-0.2, 0) is 6.42 Å². The van der Waals surface area contributed by atoms with Gasteiger partial charge in [0.2, 0.25) is 0 Å². The lowest BCUT2D eigenvalue weighted by Crippen LogP contribution is -2.32. The van der Waals surface area contributed by atoms with Crippen LogP contribution < -0.4 is 15.6 Å². The van der Waals surface area contributed by atoms with Crippen molar-refractivity contribution < 1.29 is 9.53 Å². The largest absolute Gasteiger partial charge is 0.496 e. The standard InChI is InChI=1S/C26H33N3O3/c1-16-15-24(32-4)21(26(31)28-16)9-10-23(30)25-18(3)29(22-8-6-5-7-20(22)25)17(2)19-11-13-27-14-12-19/h5-8,15,17,19,27H,9-14H2,1-4H3,(H,28,31). The van der Waals surface area contributed by atoms with Gasteiger partial charge in [0, 0.05) is 40.3 Å². The number of piperidine rings is 1. The van der Waals surface area contributed by atoms with Crippen molar-refractivity contribution >= 4 is 16.7 Å². The van der Waals surface area contributed by atoms with Crippen molar-refractivity contribution in [1.29, 1.82) is 0 Å². The Morgan fingerprint density at radius 2 is 1.94 bits per heavy atom. The minimum atomic E-state index is -0.187. The van der Waals surface area contributed by atoms with E-state index in [-0.39, 0.29) is 17.8 Å². The Hall–Kier alpha value is -2.86. The zero-order valence-corrected chi connectivity index (χ0v) is 19.5. The summed E-state index contributed by atoms with van der Waals surface area (Å²) in [5.41, 5.74) is 4.00. The molecule has 0 aliphatic carbocycles. The third-order valence-corrected chi connectivity index (χ3v) is 6.96. The fraction of sp³-hybridized carbons (Fsp3) is 0.462. The minimum Gasteiger partial charge on any atom is -0.496 e. The lowest BCUT2D eigenvalue weighted by atomic mass is 9.91. The highest BCUT2D eigenvalue weighted by Crippen LogP contribution is 2.35. The van der Waals surface area contributed by atoms with E-state index in [2.05, 4.69) is 34.8 Å². The number of aryl methyl sites for hydroxylation is 1. The average Bonchev–Trinajstić information content (AvgIpc) is 3.09. The molecule has 6 nitrogen and oxygen atoms in total. The molecule has 0 amide bonds. The van der Waals surface area contributed by atoms with Gasteiger partial charge in [-0.25, -0.2) is 0 Å². The summed E-state index contributed by atoms with van der Waals surface area (Å²) in [5.74, 6) is 1.19. The van der Waals surface area contributed by atoms with Crippen LogP contribution in [0.1, 0.15) is 59.5 Å². The Labute approximate surface area is 189 Å². The van der Waals surface area contributed by atoms with E-state index < -0.39 is 0 Å². The lowest BCUT2D eigenvalue weighted by molar-refractivity contribution is 0.0983. The van der Waals surface area contributed by atoms with E-state index >= 15 is 0 Å². The number of rotatable bonds is 7. The van der Waals surface area contributed by atoms with E-state index in [4.69, 9.17) is 4.74 Å². The number of fused-ring (bicyclic) bond motifs is 1. The number of aromatic amines is 1. The van der Waals surface area contributed by atoms with Gasteiger partial charge in [-0.05, 0) is 71.2 Å². The Morgan fingerprint density at radius 3 is 2.66 bits per heavy atom. The normalized spacial score (nSPS) is 15.8. The van der Waals surface area contributed by atoms with E-state index in [0.29, 0.717) is 29.7 Å². The van der Waals surface area contributed by atoms with Crippen LogP contribution in [0.5, 0.6) is 5.75 Å². The zero-order chi connectivity index (χ0) is 22.8. The summed E-state index contributed by atoms with van der Waals surface area (Å²) in [6, 6.07) is 10.3. The van der Waals surface area contributed by atoms with Crippen LogP contribution >= 0.6 is 0 Å². The van der Waals surface area contributed by atoms with Gasteiger partial charge < -0.3 is 19.6 Å². The number of ether oxygens (including phenoxy) is 1. The molecule has 0 spiro atoms. The molecule has 1 aliphatic rings. The summed E-state index contributed by atoms with van der Waals surface area (Å²) >= 11 is 0. The van der Waals surface area contributed by atoms with Gasteiger partial charge in [0.15, 0.2) is 5.78 Å². The van der Waals surface area contributed by atoms with Crippen LogP contribution in [0.25, 0.3) is 10.9 Å². The SMILES string of the molecule is COc1cc(C)[nH]c(=O)c1CCC(=O)c1c(C)n(C(C)C2CCNCC2)c2ccccc12. The van der Waals surface area contributed by atoms with Crippen molar-refractivity contribution in [3.05, 3.63) is 63.2 Å². The Morgan fingerprint density at radius 1 is 1.22 bits per heavy atom. The molecule has 1 aromatic carbocycles. The number of carbonyl (C=O) groups excluding carboxylic acids is 1. The van der Waals surface area contributed by atoms with Crippen molar-refractivity contribution in [2.24, 2.45) is 5.92 Å². The summed E-state index contributed by atoms with van der Waals surface area (Å²) in [6.07, 6.45) is 2.90. The molecule has 0 saturated carbocycles. The smallest absolute Gasteiger partial charge is 0.255 e. The third-order valence-electron chi connectivity index (χ3n) is 6.96. The van der Waals surface area contributed by atoms with Crippen molar-refractivity contribution in [3.8, 4) is 5.75 Å². The molecule has 6 heteroatoms. The summed E-state index contributed by atoms with van der Waals surface area (Å²) in [7, 11) is 1.56. The molecule has 32 heavy (non-hydrogen) atoms. The minimum absolute atomic E-state index is 0.0667. The third kappa shape index (κ3) is 4.11. The zero-order valence-electron chi connectivity index (χ0n) is 19.5. The first kappa shape index (κ1) is 22.3. The number of nitrogens with zero attached hydrogens (tertiary/aromatic N) is 1. The number of carbonyl (C=O) groups is 1. The van der Waals surface area contributed by atoms with Crippen LogP contribution in [-0.4, -0.2) is 35.5 Å². The first-order valence-corrected chi connectivity index (χ1v) is 11.5. The number of Topliss-reactive ketones (excluding diaryl/α,β-unsaturated/α-hetero) is 1. The Bertz CT molecular complexity index is 1180. The van der Waals surface area contributed by atoms with E-state index in [1.807, 2.05) is 25.1 Å². The van der Waals surface area contributed by atoms with Gasteiger partial charge in [-0.3, -0.25) is 9.59 Å². The quantitative estimate of drug-likeness (QED) is 0.542. The van der Waals surface area contributed by atoms with Gasteiger partial charge in [0.05, 0.1) is 12.7 Å². The molecular weight excluding hydrogens is 402 g/mol. The number of methoxy groups -OCH3 is 1. The van der Waals surface area contributed by atoms with Gasteiger partial charge in [0.1, 0.15) is 5.75 Å². The van der Waals surface area contributed by atoms with Gasteiger partial charge in [-0.15, -0.1) is 0 Å². The predicted octanol–water partition coefficient (Wildman–Crippen LogP) is 4.33. The van der Waals surface area contributed by atoms with Crippen LogP contribution in [0.4, 0.5) is 0 Å². The summed E-state index contributed by atoms with van der Waals surface area (Å²) < 4.78 is 7.76. The van der Waals surface area contributed by atoms with Gasteiger partial charge >= 0.3 is 0 Å². The number of hydrogen-bond donors (Lipinski definition) is 2. The fourth-order valence-corrected chi connectivity index (χ4v) is 5.27. The monoisotopic (exact) mass is 435 g/mol. The number of H-pyrrole nitrogens is 1. The fourth-order valence-electron chi connectivity index (χ4n) is 5.27. The first-order valence-electron chi connectivity index (χ1n) is 11.5. The van der Waals surface area contributed by atoms with Crippen LogP contribution in [0.2, 0.25) is 0 Å². The van der Waals surface area contributed by atoms with Crippen molar-refractivity contribution in [3.63, 3.8) is 0 Å². The number of aromatic nitrogens is 2. The second kappa shape index (κ2) is 9.33. The van der Waals surface area contributed by atoms with E-state index in [9.17, 15) is 9.59 Å². The van der Waals surface area contributed by atoms with Crippen LogP contribution in [0.3, 0.4) is 0 Å². The molecule has 0 radical (unpaired) electrons. The van der Waals surface area contributed by atoms with Crippen molar-refractivity contribution in [2.45, 2.75) is 52.5 Å². The lowest BCUT2D eigenvalue weighted by Gasteiger charge is -2.31. The maximum absolute atomic E-state index is 13.5. The van der Waals surface area contributed by atoms with Gasteiger partial charge in [0.25, 0.3) is 5.56 Å². The molecule has 170 valence electrons. The molecule has 2 aromatic heterocycles. The van der Waals surface area contributed by atoms with Crippen molar-refractivity contribution in [2.75, 3.05) is 20.2 Å². The molecule has 4 rings (SSSR count). The summed E-state index contributed by atoms with van der Waals surface area (Å²) in [5, 5.41) is 4.44. The van der Waals surface area contributed by atoms with E-state index in [1.165, 1.54) is 0 Å². The molecule has 3 aromatic rings. The molecule has 2 N–H and O–H groups in total. The Balaban J connectivity index is 1.67. The maximum Gasteiger partial charge on any atom is 0.255 e. The molecule has 0 bridgehead atoms.